The first kappa shape index (κ1) is 17.3. The fraction of sp³-hybridized carbons (Fsp3) is 0.300. The molecule has 1 fully saturated rings. The zero-order valence-corrected chi connectivity index (χ0v) is 15.0. The molecule has 3 aromatic rings. The van der Waals surface area contributed by atoms with E-state index < -0.39 is 6.17 Å². The average molecular weight is 365 g/mol. The molecule has 1 N–H and O–H groups in total. The minimum Gasteiger partial charge on any atom is -0.507 e. The molecule has 0 saturated heterocycles. The van der Waals surface area contributed by atoms with Crippen molar-refractivity contribution in [2.45, 2.75) is 32.4 Å². The van der Waals surface area contributed by atoms with E-state index in [-0.39, 0.29) is 5.75 Å². The van der Waals surface area contributed by atoms with Crippen LogP contribution in [0.4, 0.5) is 4.39 Å². The molecule has 1 aliphatic rings. The number of imidazole rings is 1. The summed E-state index contributed by atoms with van der Waals surface area (Å²) < 4.78 is 15.9. The second kappa shape index (κ2) is 7.26. The van der Waals surface area contributed by atoms with Crippen LogP contribution in [0.1, 0.15) is 31.9 Å². The van der Waals surface area contributed by atoms with E-state index in [9.17, 15) is 9.50 Å². The molecular formula is C20H20FN5O. The summed E-state index contributed by atoms with van der Waals surface area (Å²) in [5.41, 5.74) is 2.55. The minimum absolute atomic E-state index is 0.0548. The lowest BCUT2D eigenvalue weighted by Gasteiger charge is -2.23. The molecule has 27 heavy (non-hydrogen) atoms. The van der Waals surface area contributed by atoms with Crippen molar-refractivity contribution in [3.8, 4) is 22.8 Å². The van der Waals surface area contributed by atoms with Crippen LogP contribution in [0.3, 0.4) is 0 Å². The monoisotopic (exact) mass is 365 g/mol. The van der Waals surface area contributed by atoms with Gasteiger partial charge in [-0.2, -0.15) is 0 Å². The van der Waals surface area contributed by atoms with Crippen molar-refractivity contribution in [2.75, 3.05) is 0 Å². The van der Waals surface area contributed by atoms with Gasteiger partial charge in [0.2, 0.25) is 0 Å². The standard InChI is InChI=1S/C20H20FN5O/c1-13-2-3-14(18(21)8-13)9-15-11-23-20(25-24-15)17-5-4-16(10-19(17)27)26-7-6-22-12-26/h4-7,9-13,18,27H,2-3,8H2,1H3/b14-9-/t13-,18+/m1/s1. The van der Waals surface area contributed by atoms with E-state index in [2.05, 4.69) is 27.1 Å². The molecule has 6 nitrogen and oxygen atoms in total. The number of nitrogens with zero attached hydrogens (tertiary/aromatic N) is 5. The van der Waals surface area contributed by atoms with Gasteiger partial charge in [-0.15, -0.1) is 10.2 Å². The molecule has 1 aliphatic carbocycles. The molecule has 0 unspecified atom stereocenters. The number of hydrogen-bond donors (Lipinski definition) is 1. The van der Waals surface area contributed by atoms with Crippen molar-refractivity contribution >= 4 is 6.08 Å². The highest BCUT2D eigenvalue weighted by molar-refractivity contribution is 5.66. The van der Waals surface area contributed by atoms with Gasteiger partial charge in [0.1, 0.15) is 17.6 Å². The Morgan fingerprint density at radius 2 is 2.19 bits per heavy atom. The Hall–Kier alpha value is -3.09. The number of alkyl halides is 1. The van der Waals surface area contributed by atoms with E-state index in [1.54, 1.807) is 47.7 Å². The maximum Gasteiger partial charge on any atom is 0.185 e. The molecule has 2 aromatic heterocycles. The number of halogens is 1. The minimum atomic E-state index is -0.921. The first-order chi connectivity index (χ1) is 13.1. The third kappa shape index (κ3) is 3.72. The first-order valence-electron chi connectivity index (χ1n) is 8.96. The second-order valence-electron chi connectivity index (χ2n) is 6.94. The van der Waals surface area contributed by atoms with Gasteiger partial charge in [0.15, 0.2) is 5.82 Å². The van der Waals surface area contributed by atoms with E-state index in [1.807, 2.05) is 6.07 Å². The molecule has 0 aliphatic heterocycles. The van der Waals surface area contributed by atoms with Crippen LogP contribution in [-0.4, -0.2) is 36.0 Å². The summed E-state index contributed by atoms with van der Waals surface area (Å²) in [5, 5.41) is 18.6. The number of allylic oxidation sites excluding steroid dienone is 1. The van der Waals surface area contributed by atoms with Crippen molar-refractivity contribution in [1.29, 1.82) is 0 Å². The lowest BCUT2D eigenvalue weighted by molar-refractivity contribution is 0.269. The zero-order valence-electron chi connectivity index (χ0n) is 15.0. The number of phenolic OH excluding ortho intramolecular Hbond substituents is 1. The van der Waals surface area contributed by atoms with Crippen LogP contribution >= 0.6 is 0 Å². The molecule has 138 valence electrons. The number of hydrogen-bond acceptors (Lipinski definition) is 5. The van der Waals surface area contributed by atoms with Crippen LogP contribution in [0, 0.1) is 5.92 Å². The fourth-order valence-corrected chi connectivity index (χ4v) is 3.30. The van der Waals surface area contributed by atoms with E-state index >= 15 is 0 Å². The highest BCUT2D eigenvalue weighted by atomic mass is 19.1. The SMILES string of the molecule is C[C@@H]1CC/C(=C/c2cnc(-c3ccc(-n4ccnc4)cc3O)nn2)[C@@H](F)C1. The van der Waals surface area contributed by atoms with Crippen LogP contribution < -0.4 is 0 Å². The van der Waals surface area contributed by atoms with Crippen LogP contribution in [0.15, 0.2) is 48.7 Å². The molecule has 0 amide bonds. The largest absolute Gasteiger partial charge is 0.507 e. The number of phenols is 1. The lowest BCUT2D eigenvalue weighted by atomic mass is 9.85. The van der Waals surface area contributed by atoms with Crippen molar-refractivity contribution in [2.24, 2.45) is 5.92 Å². The molecule has 4 rings (SSSR count). The van der Waals surface area contributed by atoms with Crippen molar-refractivity contribution in [3.05, 3.63) is 54.4 Å². The third-order valence-electron chi connectivity index (χ3n) is 4.87. The molecule has 7 heteroatoms. The first-order valence-corrected chi connectivity index (χ1v) is 8.96. The average Bonchev–Trinajstić information content (AvgIpc) is 3.19. The molecule has 0 spiro atoms. The molecule has 0 bridgehead atoms. The molecule has 0 radical (unpaired) electrons. The fourth-order valence-electron chi connectivity index (χ4n) is 3.30. The highest BCUT2D eigenvalue weighted by Crippen LogP contribution is 2.32. The Morgan fingerprint density at radius 1 is 1.30 bits per heavy atom. The predicted octanol–water partition coefficient (Wildman–Crippen LogP) is 3.97. The highest BCUT2D eigenvalue weighted by Gasteiger charge is 2.23. The Labute approximate surface area is 156 Å². The van der Waals surface area contributed by atoms with E-state index in [1.165, 1.54) is 0 Å². The summed E-state index contributed by atoms with van der Waals surface area (Å²) in [6, 6.07) is 5.19. The molecule has 2 heterocycles. The van der Waals surface area contributed by atoms with E-state index in [4.69, 9.17) is 0 Å². The van der Waals surface area contributed by atoms with Gasteiger partial charge in [-0.1, -0.05) is 6.92 Å². The lowest BCUT2D eigenvalue weighted by Crippen LogP contribution is -2.16. The molecular weight excluding hydrogens is 345 g/mol. The van der Waals surface area contributed by atoms with Gasteiger partial charge in [-0.05, 0) is 49.0 Å². The molecule has 1 aromatic carbocycles. The Bertz CT molecular complexity index is 953. The van der Waals surface area contributed by atoms with Crippen molar-refractivity contribution in [1.82, 2.24) is 24.7 Å². The van der Waals surface area contributed by atoms with Crippen molar-refractivity contribution in [3.63, 3.8) is 0 Å². The van der Waals surface area contributed by atoms with E-state index in [0.717, 1.165) is 24.1 Å². The quantitative estimate of drug-likeness (QED) is 0.760. The van der Waals surface area contributed by atoms with Crippen molar-refractivity contribution < 1.29 is 9.50 Å². The Balaban J connectivity index is 1.56. The summed E-state index contributed by atoms with van der Waals surface area (Å²) in [7, 11) is 0. The predicted molar refractivity (Wildman–Crippen MR) is 99.9 cm³/mol. The summed E-state index contributed by atoms with van der Waals surface area (Å²) in [6.07, 6.45) is 9.77. The second-order valence-corrected chi connectivity index (χ2v) is 6.94. The number of aromatic nitrogens is 5. The van der Waals surface area contributed by atoms with Gasteiger partial charge < -0.3 is 9.67 Å². The number of rotatable bonds is 3. The zero-order chi connectivity index (χ0) is 18.8. The van der Waals surface area contributed by atoms with Gasteiger partial charge in [0.25, 0.3) is 0 Å². The summed E-state index contributed by atoms with van der Waals surface area (Å²) in [5.74, 6) is 0.789. The maximum atomic E-state index is 14.2. The Morgan fingerprint density at radius 3 is 2.85 bits per heavy atom. The van der Waals surface area contributed by atoms with Gasteiger partial charge >= 0.3 is 0 Å². The van der Waals surface area contributed by atoms with Crippen LogP contribution in [0.2, 0.25) is 0 Å². The summed E-state index contributed by atoms with van der Waals surface area (Å²) in [4.78, 5) is 8.28. The number of benzene rings is 1. The Kier molecular flexibility index (Phi) is 4.66. The van der Waals surface area contributed by atoms with Gasteiger partial charge in [0, 0.05) is 18.5 Å². The van der Waals surface area contributed by atoms with Crippen LogP contribution in [0.5, 0.6) is 5.75 Å². The summed E-state index contributed by atoms with van der Waals surface area (Å²) in [6.45, 7) is 2.07. The van der Waals surface area contributed by atoms with Crippen LogP contribution in [-0.2, 0) is 0 Å². The smallest absolute Gasteiger partial charge is 0.185 e. The van der Waals surface area contributed by atoms with Gasteiger partial charge in [-0.25, -0.2) is 14.4 Å². The maximum absolute atomic E-state index is 14.2. The van der Waals surface area contributed by atoms with Gasteiger partial charge in [-0.3, -0.25) is 0 Å². The summed E-state index contributed by atoms with van der Waals surface area (Å²) >= 11 is 0. The molecule has 2 atom stereocenters. The van der Waals surface area contributed by atoms with Crippen LogP contribution in [0.25, 0.3) is 23.2 Å². The van der Waals surface area contributed by atoms with Gasteiger partial charge in [0.05, 0.1) is 23.8 Å². The normalized spacial score (nSPS) is 21.5. The topological polar surface area (TPSA) is 76.7 Å². The molecule has 1 saturated carbocycles. The van der Waals surface area contributed by atoms with E-state index in [0.29, 0.717) is 29.4 Å². The third-order valence-corrected chi connectivity index (χ3v) is 4.87. The number of aromatic hydroxyl groups is 1.